The Balaban J connectivity index is 1.59. The SMILES string of the molecule is Cc1ccc(-c2nc(C(=O)N3C4CCNCC3CC4)cs2)o1. The molecule has 2 saturated heterocycles. The highest BCUT2D eigenvalue weighted by Gasteiger charge is 2.39. The van der Waals surface area contributed by atoms with E-state index in [0.717, 1.165) is 48.9 Å². The molecule has 0 spiro atoms. The van der Waals surface area contributed by atoms with Crippen molar-refractivity contribution in [3.8, 4) is 10.8 Å². The maximum atomic E-state index is 12.9. The van der Waals surface area contributed by atoms with Gasteiger partial charge in [-0.3, -0.25) is 4.79 Å². The molecule has 22 heavy (non-hydrogen) atoms. The topological polar surface area (TPSA) is 58.4 Å². The number of hydrogen-bond donors (Lipinski definition) is 1. The summed E-state index contributed by atoms with van der Waals surface area (Å²) in [4.78, 5) is 19.4. The molecule has 116 valence electrons. The maximum Gasteiger partial charge on any atom is 0.273 e. The van der Waals surface area contributed by atoms with Gasteiger partial charge in [0.05, 0.1) is 0 Å². The molecule has 2 aliphatic rings. The molecular weight excluding hydrogens is 298 g/mol. The number of nitrogens with one attached hydrogen (secondary N) is 1. The van der Waals surface area contributed by atoms with E-state index < -0.39 is 0 Å². The zero-order valence-corrected chi connectivity index (χ0v) is 13.4. The molecule has 2 aliphatic heterocycles. The first-order valence-corrected chi connectivity index (χ1v) is 8.66. The lowest BCUT2D eigenvalue weighted by molar-refractivity contribution is 0.0675. The summed E-state index contributed by atoms with van der Waals surface area (Å²) in [6, 6.07) is 4.50. The lowest BCUT2D eigenvalue weighted by Crippen LogP contribution is -2.42. The van der Waals surface area contributed by atoms with Gasteiger partial charge in [-0.15, -0.1) is 11.3 Å². The van der Waals surface area contributed by atoms with Gasteiger partial charge in [0.1, 0.15) is 11.5 Å². The largest absolute Gasteiger partial charge is 0.459 e. The Morgan fingerprint density at radius 2 is 2.23 bits per heavy atom. The average molecular weight is 317 g/mol. The van der Waals surface area contributed by atoms with E-state index in [4.69, 9.17) is 4.42 Å². The molecule has 6 heteroatoms. The summed E-state index contributed by atoms with van der Waals surface area (Å²) in [5.74, 6) is 1.67. The molecule has 2 aromatic heterocycles. The van der Waals surface area contributed by atoms with Gasteiger partial charge in [0.2, 0.25) is 0 Å². The third-order valence-electron chi connectivity index (χ3n) is 4.56. The standard InChI is InChI=1S/C16H19N3O2S/c1-10-2-5-14(21-10)15-18-13(9-22-15)16(20)19-11-3-4-12(19)8-17-7-6-11/h2,5,9,11-12,17H,3-4,6-8H2,1H3. The quantitative estimate of drug-likeness (QED) is 0.925. The molecule has 2 unspecified atom stereocenters. The van der Waals surface area contributed by atoms with Gasteiger partial charge in [-0.1, -0.05) is 0 Å². The molecule has 0 saturated carbocycles. The first-order valence-electron chi connectivity index (χ1n) is 7.78. The second kappa shape index (κ2) is 5.52. The highest BCUT2D eigenvalue weighted by Crippen LogP contribution is 2.31. The Kier molecular flexibility index (Phi) is 3.50. The molecular formula is C16H19N3O2S. The summed E-state index contributed by atoms with van der Waals surface area (Å²) < 4.78 is 5.60. The molecule has 5 nitrogen and oxygen atoms in total. The Morgan fingerprint density at radius 3 is 3.05 bits per heavy atom. The Morgan fingerprint density at radius 1 is 1.36 bits per heavy atom. The minimum atomic E-state index is 0.0713. The monoisotopic (exact) mass is 317 g/mol. The molecule has 4 heterocycles. The zero-order chi connectivity index (χ0) is 15.1. The Hall–Kier alpha value is -1.66. The predicted octanol–water partition coefficient (Wildman–Crippen LogP) is 2.68. The first kappa shape index (κ1) is 14.0. The number of aryl methyl sites for hydroxylation is 1. The van der Waals surface area contributed by atoms with Crippen LogP contribution in [0.3, 0.4) is 0 Å². The summed E-state index contributed by atoms with van der Waals surface area (Å²) >= 11 is 1.47. The van der Waals surface area contributed by atoms with Gasteiger partial charge >= 0.3 is 0 Å². The van der Waals surface area contributed by atoms with Crippen LogP contribution < -0.4 is 5.32 Å². The van der Waals surface area contributed by atoms with Crippen LogP contribution in [0.15, 0.2) is 21.9 Å². The van der Waals surface area contributed by atoms with Crippen molar-refractivity contribution in [3.05, 3.63) is 29.0 Å². The van der Waals surface area contributed by atoms with E-state index >= 15 is 0 Å². The van der Waals surface area contributed by atoms with Gasteiger partial charge in [-0.2, -0.15) is 0 Å². The minimum absolute atomic E-state index is 0.0713. The van der Waals surface area contributed by atoms with Gasteiger partial charge in [-0.05, 0) is 44.9 Å². The van der Waals surface area contributed by atoms with Crippen molar-refractivity contribution in [2.75, 3.05) is 13.1 Å². The van der Waals surface area contributed by atoms with Crippen LogP contribution in [-0.4, -0.2) is 41.0 Å². The van der Waals surface area contributed by atoms with Crippen LogP contribution >= 0.6 is 11.3 Å². The number of fused-ring (bicyclic) bond motifs is 2. The smallest absolute Gasteiger partial charge is 0.273 e. The van der Waals surface area contributed by atoms with E-state index in [-0.39, 0.29) is 5.91 Å². The van der Waals surface area contributed by atoms with E-state index in [9.17, 15) is 4.79 Å². The second-order valence-electron chi connectivity index (χ2n) is 6.04. The normalized spacial score (nSPS) is 24.5. The molecule has 2 bridgehead atoms. The predicted molar refractivity (Wildman–Crippen MR) is 85.0 cm³/mol. The van der Waals surface area contributed by atoms with Crippen molar-refractivity contribution >= 4 is 17.2 Å². The van der Waals surface area contributed by atoms with Gasteiger partial charge in [0.25, 0.3) is 5.91 Å². The van der Waals surface area contributed by atoms with E-state index in [1.165, 1.54) is 11.3 Å². The second-order valence-corrected chi connectivity index (χ2v) is 6.90. The summed E-state index contributed by atoms with van der Waals surface area (Å²) in [5.41, 5.74) is 0.549. The van der Waals surface area contributed by atoms with Crippen LogP contribution in [-0.2, 0) is 0 Å². The van der Waals surface area contributed by atoms with Crippen molar-refractivity contribution in [3.63, 3.8) is 0 Å². The Bertz CT molecular complexity index is 679. The van der Waals surface area contributed by atoms with Crippen LogP contribution in [0, 0.1) is 6.92 Å². The molecule has 0 aliphatic carbocycles. The summed E-state index contributed by atoms with van der Waals surface area (Å²) in [6.45, 7) is 3.81. The van der Waals surface area contributed by atoms with Crippen molar-refractivity contribution < 1.29 is 9.21 Å². The lowest BCUT2D eigenvalue weighted by atomic mass is 10.1. The number of carbonyl (C=O) groups is 1. The number of hydrogen-bond acceptors (Lipinski definition) is 5. The summed E-state index contributed by atoms with van der Waals surface area (Å²) in [7, 11) is 0. The van der Waals surface area contributed by atoms with E-state index in [0.29, 0.717) is 17.8 Å². The van der Waals surface area contributed by atoms with Gasteiger partial charge in [0, 0.05) is 24.0 Å². The highest BCUT2D eigenvalue weighted by atomic mass is 32.1. The number of thiazole rings is 1. The van der Waals surface area contributed by atoms with Crippen molar-refractivity contribution in [1.82, 2.24) is 15.2 Å². The average Bonchev–Trinajstić information content (AvgIpc) is 3.16. The number of carbonyl (C=O) groups excluding carboxylic acids is 1. The van der Waals surface area contributed by atoms with Crippen molar-refractivity contribution in [2.45, 2.75) is 38.3 Å². The number of nitrogens with zero attached hydrogens (tertiary/aromatic N) is 2. The van der Waals surface area contributed by atoms with Crippen LogP contribution in [0.2, 0.25) is 0 Å². The molecule has 0 aromatic carbocycles. The molecule has 1 N–H and O–H groups in total. The van der Waals surface area contributed by atoms with E-state index in [1.54, 1.807) is 0 Å². The fourth-order valence-corrected chi connectivity index (χ4v) is 4.23. The van der Waals surface area contributed by atoms with Crippen LogP contribution in [0.25, 0.3) is 10.8 Å². The molecule has 4 rings (SSSR count). The van der Waals surface area contributed by atoms with E-state index in [1.807, 2.05) is 24.4 Å². The lowest BCUT2D eigenvalue weighted by Gasteiger charge is -2.27. The fraction of sp³-hybridized carbons (Fsp3) is 0.500. The molecule has 2 atom stereocenters. The van der Waals surface area contributed by atoms with Crippen LogP contribution in [0.5, 0.6) is 0 Å². The molecule has 2 fully saturated rings. The summed E-state index contributed by atoms with van der Waals surface area (Å²) in [5, 5.41) is 6.05. The van der Waals surface area contributed by atoms with Crippen molar-refractivity contribution in [1.29, 1.82) is 0 Å². The van der Waals surface area contributed by atoms with E-state index in [2.05, 4.69) is 15.2 Å². The summed E-state index contributed by atoms with van der Waals surface area (Å²) in [6.07, 6.45) is 3.25. The van der Waals surface area contributed by atoms with Crippen LogP contribution in [0.1, 0.15) is 35.5 Å². The number of furan rings is 1. The molecule has 1 amide bonds. The first-order chi connectivity index (χ1) is 10.7. The van der Waals surface area contributed by atoms with Crippen LogP contribution in [0.4, 0.5) is 0 Å². The maximum absolute atomic E-state index is 12.9. The molecule has 0 radical (unpaired) electrons. The van der Waals surface area contributed by atoms with Crippen molar-refractivity contribution in [2.24, 2.45) is 0 Å². The molecule has 2 aromatic rings. The third kappa shape index (κ3) is 2.36. The Labute approximate surface area is 133 Å². The van der Waals surface area contributed by atoms with Gasteiger partial charge < -0.3 is 14.6 Å². The number of rotatable bonds is 2. The fourth-order valence-electron chi connectivity index (χ4n) is 3.48. The zero-order valence-electron chi connectivity index (χ0n) is 12.5. The number of aromatic nitrogens is 1. The minimum Gasteiger partial charge on any atom is -0.459 e. The highest BCUT2D eigenvalue weighted by molar-refractivity contribution is 7.13. The van der Waals surface area contributed by atoms with Gasteiger partial charge in [0.15, 0.2) is 10.8 Å². The van der Waals surface area contributed by atoms with Gasteiger partial charge in [-0.25, -0.2) is 4.98 Å². The third-order valence-corrected chi connectivity index (χ3v) is 5.42. The number of amides is 1.